The summed E-state index contributed by atoms with van der Waals surface area (Å²) in [7, 11) is 1.48. The highest BCUT2D eigenvalue weighted by Gasteiger charge is 2.26. The van der Waals surface area contributed by atoms with E-state index in [1.54, 1.807) is 11.3 Å². The zero-order valence-electron chi connectivity index (χ0n) is 10.1. The summed E-state index contributed by atoms with van der Waals surface area (Å²) in [6.07, 6.45) is 4.06. The molecule has 2 rings (SSSR count). The highest BCUT2D eigenvalue weighted by atomic mass is 32.1. The fraction of sp³-hybridized carbons (Fsp3) is 0.615. The van der Waals surface area contributed by atoms with Crippen LogP contribution in [0.5, 0.6) is 0 Å². The zero-order chi connectivity index (χ0) is 12.1. The van der Waals surface area contributed by atoms with Crippen molar-refractivity contribution in [2.24, 2.45) is 5.92 Å². The molecule has 0 unspecified atom stereocenters. The van der Waals surface area contributed by atoms with Gasteiger partial charge in [-0.25, -0.2) is 0 Å². The van der Waals surface area contributed by atoms with Gasteiger partial charge in [-0.3, -0.25) is 4.79 Å². The molecule has 0 amide bonds. The largest absolute Gasteiger partial charge is 0.469 e. The van der Waals surface area contributed by atoms with Crippen molar-refractivity contribution >= 4 is 17.3 Å². The maximum absolute atomic E-state index is 11.4. The molecule has 0 radical (unpaired) electrons. The molecule has 1 N–H and O–H groups in total. The second-order valence-electron chi connectivity index (χ2n) is 4.53. The Kier molecular flexibility index (Phi) is 4.57. The second kappa shape index (κ2) is 6.17. The lowest BCUT2D eigenvalue weighted by Crippen LogP contribution is -2.34. The third-order valence-corrected chi connectivity index (χ3v) is 4.28. The van der Waals surface area contributed by atoms with E-state index < -0.39 is 0 Å². The number of carbonyl (C=O) groups excluding carboxylic acids is 1. The van der Waals surface area contributed by atoms with Gasteiger partial charge in [0, 0.05) is 17.5 Å². The molecule has 0 atom stereocenters. The van der Waals surface area contributed by atoms with Crippen LogP contribution >= 0.6 is 11.3 Å². The van der Waals surface area contributed by atoms with Crippen molar-refractivity contribution in [2.75, 3.05) is 7.11 Å². The molecule has 4 heteroatoms. The predicted molar refractivity (Wildman–Crippen MR) is 68.9 cm³/mol. The van der Waals surface area contributed by atoms with E-state index in [0.29, 0.717) is 6.04 Å². The Hall–Kier alpha value is -0.870. The molecule has 17 heavy (non-hydrogen) atoms. The van der Waals surface area contributed by atoms with E-state index in [1.807, 2.05) is 0 Å². The van der Waals surface area contributed by atoms with Crippen LogP contribution in [-0.2, 0) is 16.1 Å². The third kappa shape index (κ3) is 3.54. The van der Waals surface area contributed by atoms with Crippen molar-refractivity contribution in [3.05, 3.63) is 22.4 Å². The van der Waals surface area contributed by atoms with E-state index in [9.17, 15) is 4.79 Å². The number of hydrogen-bond acceptors (Lipinski definition) is 4. The Balaban J connectivity index is 1.70. The summed E-state index contributed by atoms with van der Waals surface area (Å²) in [6, 6.07) is 4.78. The third-order valence-electron chi connectivity index (χ3n) is 3.41. The van der Waals surface area contributed by atoms with E-state index in [-0.39, 0.29) is 11.9 Å². The molecular formula is C13H19NO2S. The van der Waals surface area contributed by atoms with Crippen LogP contribution in [0.25, 0.3) is 0 Å². The van der Waals surface area contributed by atoms with Crippen LogP contribution in [0.15, 0.2) is 17.5 Å². The molecule has 1 fully saturated rings. The normalized spacial score (nSPS) is 24.5. The number of carbonyl (C=O) groups is 1. The van der Waals surface area contributed by atoms with Gasteiger partial charge < -0.3 is 10.1 Å². The molecule has 3 nitrogen and oxygen atoms in total. The van der Waals surface area contributed by atoms with Gasteiger partial charge in [-0.2, -0.15) is 0 Å². The highest BCUT2D eigenvalue weighted by molar-refractivity contribution is 7.09. The molecule has 94 valence electrons. The van der Waals surface area contributed by atoms with E-state index in [4.69, 9.17) is 4.74 Å². The summed E-state index contributed by atoms with van der Waals surface area (Å²) >= 11 is 1.78. The minimum absolute atomic E-state index is 0.0401. The number of thiophene rings is 1. The maximum Gasteiger partial charge on any atom is 0.308 e. The minimum Gasteiger partial charge on any atom is -0.469 e. The summed E-state index contributed by atoms with van der Waals surface area (Å²) in [6.45, 7) is 0.950. The molecule has 1 aliphatic rings. The Morgan fingerprint density at radius 3 is 2.82 bits per heavy atom. The van der Waals surface area contributed by atoms with Crippen LogP contribution < -0.4 is 5.32 Å². The molecule has 0 bridgehead atoms. The molecule has 0 aromatic carbocycles. The average Bonchev–Trinajstić information content (AvgIpc) is 2.89. The average molecular weight is 253 g/mol. The van der Waals surface area contributed by atoms with Gasteiger partial charge in [0.1, 0.15) is 0 Å². The van der Waals surface area contributed by atoms with Crippen LogP contribution in [0.1, 0.15) is 30.6 Å². The van der Waals surface area contributed by atoms with Crippen LogP contribution in [0, 0.1) is 5.92 Å². The standard InChI is InChI=1S/C13H19NO2S/c1-16-13(15)10-4-6-11(7-5-10)14-9-12-3-2-8-17-12/h2-3,8,10-11,14H,4-7,9H2,1H3. The molecule has 1 aromatic heterocycles. The molecule has 1 aliphatic carbocycles. The lowest BCUT2D eigenvalue weighted by molar-refractivity contribution is -0.146. The van der Waals surface area contributed by atoms with E-state index in [0.717, 1.165) is 32.2 Å². The monoisotopic (exact) mass is 253 g/mol. The van der Waals surface area contributed by atoms with Crippen molar-refractivity contribution < 1.29 is 9.53 Å². The van der Waals surface area contributed by atoms with Gasteiger partial charge in [0.05, 0.1) is 13.0 Å². The SMILES string of the molecule is COC(=O)C1CCC(NCc2cccs2)CC1. The van der Waals surface area contributed by atoms with E-state index in [1.165, 1.54) is 12.0 Å². The summed E-state index contributed by atoms with van der Waals surface area (Å²) < 4.78 is 4.79. The molecular weight excluding hydrogens is 234 g/mol. The first-order chi connectivity index (χ1) is 8.29. The van der Waals surface area contributed by atoms with Crippen LogP contribution in [0.2, 0.25) is 0 Å². The summed E-state index contributed by atoms with van der Waals surface area (Å²) in [5, 5.41) is 5.66. The summed E-state index contributed by atoms with van der Waals surface area (Å²) in [5.41, 5.74) is 0. The molecule has 0 aliphatic heterocycles. The lowest BCUT2D eigenvalue weighted by Gasteiger charge is -2.27. The van der Waals surface area contributed by atoms with Gasteiger partial charge in [0.25, 0.3) is 0 Å². The van der Waals surface area contributed by atoms with Gasteiger partial charge in [-0.05, 0) is 37.1 Å². The smallest absolute Gasteiger partial charge is 0.308 e. The first-order valence-corrected chi connectivity index (χ1v) is 7.01. The van der Waals surface area contributed by atoms with Crippen molar-refractivity contribution in [3.8, 4) is 0 Å². The topological polar surface area (TPSA) is 38.3 Å². The first kappa shape index (κ1) is 12.6. The number of ether oxygens (including phenoxy) is 1. The predicted octanol–water partition coefficient (Wildman–Crippen LogP) is 2.57. The maximum atomic E-state index is 11.4. The number of hydrogen-bond donors (Lipinski definition) is 1. The summed E-state index contributed by atoms with van der Waals surface area (Å²) in [5.74, 6) is 0.0847. The van der Waals surface area contributed by atoms with Crippen molar-refractivity contribution in [1.29, 1.82) is 0 Å². The van der Waals surface area contributed by atoms with Crippen LogP contribution in [0.4, 0.5) is 0 Å². The molecule has 1 saturated carbocycles. The number of methoxy groups -OCH3 is 1. The van der Waals surface area contributed by atoms with Crippen molar-refractivity contribution in [2.45, 2.75) is 38.3 Å². The number of rotatable bonds is 4. The van der Waals surface area contributed by atoms with Gasteiger partial charge in [-0.1, -0.05) is 6.07 Å². The number of nitrogens with one attached hydrogen (secondary N) is 1. The lowest BCUT2D eigenvalue weighted by atomic mass is 9.86. The van der Waals surface area contributed by atoms with Gasteiger partial charge >= 0.3 is 5.97 Å². The van der Waals surface area contributed by atoms with E-state index >= 15 is 0 Å². The Morgan fingerprint density at radius 2 is 2.24 bits per heavy atom. The highest BCUT2D eigenvalue weighted by Crippen LogP contribution is 2.25. The Labute approximate surface area is 106 Å². The van der Waals surface area contributed by atoms with Crippen molar-refractivity contribution in [1.82, 2.24) is 5.32 Å². The number of esters is 1. The molecule has 0 saturated heterocycles. The Bertz CT molecular complexity index is 342. The zero-order valence-corrected chi connectivity index (χ0v) is 11.0. The fourth-order valence-corrected chi connectivity index (χ4v) is 3.01. The van der Waals surface area contributed by atoms with E-state index in [2.05, 4.69) is 22.8 Å². The quantitative estimate of drug-likeness (QED) is 0.838. The first-order valence-electron chi connectivity index (χ1n) is 6.13. The Morgan fingerprint density at radius 1 is 1.47 bits per heavy atom. The molecule has 1 aromatic rings. The molecule has 1 heterocycles. The second-order valence-corrected chi connectivity index (χ2v) is 5.56. The molecule has 0 spiro atoms. The van der Waals surface area contributed by atoms with Crippen molar-refractivity contribution in [3.63, 3.8) is 0 Å². The van der Waals surface area contributed by atoms with Gasteiger partial charge in [0.2, 0.25) is 0 Å². The van der Waals surface area contributed by atoms with Gasteiger partial charge in [-0.15, -0.1) is 11.3 Å². The van der Waals surface area contributed by atoms with Gasteiger partial charge in [0.15, 0.2) is 0 Å². The fourth-order valence-electron chi connectivity index (χ4n) is 2.36. The van der Waals surface area contributed by atoms with Crippen LogP contribution in [0.3, 0.4) is 0 Å². The van der Waals surface area contributed by atoms with Crippen LogP contribution in [-0.4, -0.2) is 19.1 Å². The minimum atomic E-state index is -0.0401. The summed E-state index contributed by atoms with van der Waals surface area (Å²) in [4.78, 5) is 12.8.